The molecule has 1 aromatic heterocycles. The Kier molecular flexibility index (Phi) is 4.95. The zero-order chi connectivity index (χ0) is 14.6. The summed E-state index contributed by atoms with van der Waals surface area (Å²) in [7, 11) is 0. The number of aromatic nitrogens is 1. The second-order valence-corrected chi connectivity index (χ2v) is 5.90. The number of hydrogen-bond acceptors (Lipinski definition) is 4. The molecule has 0 bridgehead atoms. The molecule has 1 heterocycles. The molecule has 0 aliphatic carbocycles. The Bertz CT molecular complexity index is 523. The van der Waals surface area contributed by atoms with Gasteiger partial charge in [0, 0.05) is 0 Å². The molecular formula is C15H19NO2S. The van der Waals surface area contributed by atoms with Gasteiger partial charge >= 0.3 is 5.97 Å². The molecule has 102 valence electrons. The van der Waals surface area contributed by atoms with Gasteiger partial charge in [0.2, 0.25) is 0 Å². The van der Waals surface area contributed by atoms with Crippen molar-refractivity contribution in [2.24, 2.45) is 0 Å². The van der Waals surface area contributed by atoms with Crippen molar-refractivity contribution in [3.63, 3.8) is 0 Å². The Balaban J connectivity index is 3.17. The molecule has 0 atom stereocenters. The number of allylic oxidation sites excluding steroid dienone is 1. The molecule has 0 amide bonds. The number of thiol groups is 1. The van der Waals surface area contributed by atoms with E-state index in [-0.39, 0.29) is 5.97 Å². The van der Waals surface area contributed by atoms with E-state index in [2.05, 4.69) is 24.2 Å². The highest BCUT2D eigenvalue weighted by Crippen LogP contribution is 2.16. The lowest BCUT2D eigenvalue weighted by Gasteiger charge is -2.19. The SMILES string of the molecule is C=Cc1cc(C(=O)OC(C)(C)C)cc(C=C(C)S)n1. The number of nitrogens with zero attached hydrogens (tertiary/aromatic N) is 1. The molecule has 19 heavy (non-hydrogen) atoms. The number of pyridine rings is 1. The van der Waals surface area contributed by atoms with Gasteiger partial charge in [-0.15, -0.1) is 12.6 Å². The minimum atomic E-state index is -0.524. The smallest absolute Gasteiger partial charge is 0.338 e. The zero-order valence-corrected chi connectivity index (χ0v) is 12.6. The number of rotatable bonds is 3. The summed E-state index contributed by atoms with van der Waals surface area (Å²) in [4.78, 5) is 17.2. The molecule has 1 aromatic rings. The summed E-state index contributed by atoms with van der Waals surface area (Å²) < 4.78 is 5.34. The van der Waals surface area contributed by atoms with Crippen LogP contribution < -0.4 is 0 Å². The van der Waals surface area contributed by atoms with Crippen molar-refractivity contribution in [3.05, 3.63) is 40.6 Å². The third kappa shape index (κ3) is 5.30. The molecule has 0 unspecified atom stereocenters. The van der Waals surface area contributed by atoms with Crippen LogP contribution in [0.3, 0.4) is 0 Å². The monoisotopic (exact) mass is 277 g/mol. The van der Waals surface area contributed by atoms with Gasteiger partial charge in [-0.3, -0.25) is 0 Å². The van der Waals surface area contributed by atoms with E-state index in [0.29, 0.717) is 17.0 Å². The maximum absolute atomic E-state index is 12.0. The van der Waals surface area contributed by atoms with Crippen LogP contribution in [0.5, 0.6) is 0 Å². The summed E-state index contributed by atoms with van der Waals surface area (Å²) >= 11 is 4.21. The number of carbonyl (C=O) groups excluding carboxylic acids is 1. The van der Waals surface area contributed by atoms with E-state index in [1.54, 1.807) is 24.3 Å². The molecule has 0 N–H and O–H groups in total. The quantitative estimate of drug-likeness (QED) is 0.671. The Morgan fingerprint density at radius 2 is 1.95 bits per heavy atom. The number of esters is 1. The molecule has 0 aliphatic heterocycles. The highest BCUT2D eigenvalue weighted by molar-refractivity contribution is 7.84. The van der Waals surface area contributed by atoms with Crippen LogP contribution in [0.15, 0.2) is 23.6 Å². The largest absolute Gasteiger partial charge is 0.456 e. The maximum atomic E-state index is 12.0. The van der Waals surface area contributed by atoms with Crippen LogP contribution in [-0.4, -0.2) is 16.6 Å². The molecule has 0 fully saturated rings. The Morgan fingerprint density at radius 3 is 2.42 bits per heavy atom. The molecule has 0 saturated heterocycles. The standard InChI is InChI=1S/C15H19NO2S/c1-6-12-8-11(14(17)18-15(3,4)5)9-13(16-12)7-10(2)19/h6-9,19H,1H2,2-5H3. The number of ether oxygens (including phenoxy) is 1. The van der Waals surface area contributed by atoms with E-state index in [4.69, 9.17) is 4.74 Å². The first kappa shape index (κ1) is 15.5. The first-order valence-corrected chi connectivity index (χ1v) is 6.41. The van der Waals surface area contributed by atoms with Crippen molar-refractivity contribution in [1.29, 1.82) is 0 Å². The minimum absolute atomic E-state index is 0.371. The topological polar surface area (TPSA) is 39.2 Å². The number of hydrogen-bond donors (Lipinski definition) is 1. The summed E-state index contributed by atoms with van der Waals surface area (Å²) in [5.74, 6) is -0.371. The van der Waals surface area contributed by atoms with Crippen LogP contribution in [0.25, 0.3) is 12.2 Å². The number of carbonyl (C=O) groups is 1. The van der Waals surface area contributed by atoms with Crippen molar-refractivity contribution in [2.75, 3.05) is 0 Å². The van der Waals surface area contributed by atoms with Gasteiger partial charge in [-0.25, -0.2) is 9.78 Å². The molecule has 4 heteroatoms. The van der Waals surface area contributed by atoms with E-state index in [1.807, 2.05) is 27.7 Å². The molecule has 0 radical (unpaired) electrons. The van der Waals surface area contributed by atoms with Crippen molar-refractivity contribution in [1.82, 2.24) is 4.98 Å². The summed E-state index contributed by atoms with van der Waals surface area (Å²) in [5.41, 5.74) is 1.22. The lowest BCUT2D eigenvalue weighted by Crippen LogP contribution is -2.24. The zero-order valence-electron chi connectivity index (χ0n) is 11.7. The summed E-state index contributed by atoms with van der Waals surface area (Å²) in [5, 5.41) is 0. The van der Waals surface area contributed by atoms with E-state index in [1.165, 1.54) is 0 Å². The van der Waals surface area contributed by atoms with Gasteiger partial charge < -0.3 is 4.74 Å². The fourth-order valence-corrected chi connectivity index (χ4v) is 1.55. The van der Waals surface area contributed by atoms with Gasteiger partial charge in [0.1, 0.15) is 5.60 Å². The Morgan fingerprint density at radius 1 is 1.37 bits per heavy atom. The molecule has 0 aromatic carbocycles. The van der Waals surface area contributed by atoms with Crippen molar-refractivity contribution in [3.8, 4) is 0 Å². The second-order valence-electron chi connectivity index (χ2n) is 5.20. The minimum Gasteiger partial charge on any atom is -0.456 e. The second kappa shape index (κ2) is 6.06. The lowest BCUT2D eigenvalue weighted by atomic mass is 10.1. The van der Waals surface area contributed by atoms with Gasteiger partial charge in [-0.1, -0.05) is 6.58 Å². The first-order valence-electron chi connectivity index (χ1n) is 5.96. The molecule has 1 rings (SSSR count). The van der Waals surface area contributed by atoms with E-state index in [9.17, 15) is 4.79 Å². The van der Waals surface area contributed by atoms with Gasteiger partial charge in [0.05, 0.1) is 17.0 Å². The van der Waals surface area contributed by atoms with Crippen molar-refractivity contribution >= 4 is 30.8 Å². The summed E-state index contributed by atoms with van der Waals surface area (Å²) in [6, 6.07) is 3.34. The van der Waals surface area contributed by atoms with Crippen molar-refractivity contribution in [2.45, 2.75) is 33.3 Å². The van der Waals surface area contributed by atoms with Crippen LogP contribution in [0.1, 0.15) is 49.4 Å². The molecule has 0 aliphatic rings. The van der Waals surface area contributed by atoms with Crippen LogP contribution in [0, 0.1) is 0 Å². The predicted molar refractivity (Wildman–Crippen MR) is 82.1 cm³/mol. The van der Waals surface area contributed by atoms with Gasteiger partial charge in [0.25, 0.3) is 0 Å². The molecular weight excluding hydrogens is 258 g/mol. The highest BCUT2D eigenvalue weighted by Gasteiger charge is 2.18. The Hall–Kier alpha value is -1.55. The predicted octanol–water partition coefficient (Wildman–Crippen LogP) is 3.97. The lowest BCUT2D eigenvalue weighted by molar-refractivity contribution is 0.00693. The van der Waals surface area contributed by atoms with Crippen LogP contribution in [0.4, 0.5) is 0 Å². The highest BCUT2D eigenvalue weighted by atomic mass is 32.1. The van der Waals surface area contributed by atoms with Gasteiger partial charge in [-0.2, -0.15) is 0 Å². The third-order valence-corrected chi connectivity index (χ3v) is 2.19. The summed E-state index contributed by atoms with van der Waals surface area (Å²) in [6.07, 6.45) is 3.38. The van der Waals surface area contributed by atoms with Crippen LogP contribution >= 0.6 is 12.6 Å². The fourth-order valence-electron chi connectivity index (χ4n) is 1.42. The van der Waals surface area contributed by atoms with Gasteiger partial charge in [-0.05, 0) is 56.9 Å². The normalized spacial score (nSPS) is 12.2. The fraction of sp³-hybridized carbons (Fsp3) is 0.333. The van der Waals surface area contributed by atoms with Crippen molar-refractivity contribution < 1.29 is 9.53 Å². The van der Waals surface area contributed by atoms with E-state index >= 15 is 0 Å². The van der Waals surface area contributed by atoms with E-state index in [0.717, 1.165) is 4.91 Å². The van der Waals surface area contributed by atoms with Gasteiger partial charge in [0.15, 0.2) is 0 Å². The average Bonchev–Trinajstić information content (AvgIpc) is 2.25. The van der Waals surface area contributed by atoms with Crippen LogP contribution in [0.2, 0.25) is 0 Å². The molecule has 3 nitrogen and oxygen atoms in total. The Labute approximate surface area is 119 Å². The third-order valence-electron chi connectivity index (χ3n) is 2.07. The summed E-state index contributed by atoms with van der Waals surface area (Å²) in [6.45, 7) is 11.0. The van der Waals surface area contributed by atoms with Crippen LogP contribution in [-0.2, 0) is 4.74 Å². The molecule has 0 spiro atoms. The van der Waals surface area contributed by atoms with E-state index < -0.39 is 5.60 Å². The molecule has 0 saturated carbocycles. The maximum Gasteiger partial charge on any atom is 0.338 e. The first-order chi connectivity index (χ1) is 8.71. The average molecular weight is 277 g/mol.